The van der Waals surface area contributed by atoms with Crippen LogP contribution in [0.5, 0.6) is 0 Å². The van der Waals surface area contributed by atoms with E-state index < -0.39 is 0 Å². The third-order valence-electron chi connectivity index (χ3n) is 4.32. The summed E-state index contributed by atoms with van der Waals surface area (Å²) in [5.74, 6) is 1.22. The smallest absolute Gasteiger partial charge is 0.105 e. The van der Waals surface area contributed by atoms with E-state index in [2.05, 4.69) is 42.0 Å². The Kier molecular flexibility index (Phi) is 4.44. The van der Waals surface area contributed by atoms with Gasteiger partial charge in [0.25, 0.3) is 0 Å². The molecule has 21 heavy (non-hydrogen) atoms. The van der Waals surface area contributed by atoms with E-state index in [1.54, 1.807) is 0 Å². The van der Waals surface area contributed by atoms with Crippen LogP contribution in [0.4, 0.5) is 11.4 Å². The molecule has 1 aromatic carbocycles. The second-order valence-electron chi connectivity index (χ2n) is 6.00. The normalized spacial score (nSPS) is 21.9. The first-order chi connectivity index (χ1) is 10.2. The molecule has 0 amide bonds. The van der Waals surface area contributed by atoms with Gasteiger partial charge in [-0.1, -0.05) is 6.07 Å². The average Bonchev–Trinajstić information content (AvgIpc) is 2.51. The van der Waals surface area contributed by atoms with Crippen molar-refractivity contribution in [2.24, 2.45) is 4.99 Å². The molecule has 0 aromatic heterocycles. The topological polar surface area (TPSA) is 28.1 Å². The Morgan fingerprint density at radius 1 is 1.10 bits per heavy atom. The second kappa shape index (κ2) is 6.48. The van der Waals surface area contributed by atoms with E-state index in [0.29, 0.717) is 0 Å². The zero-order chi connectivity index (χ0) is 14.7. The Hall–Kier alpha value is -1.55. The van der Waals surface area contributed by atoms with Crippen molar-refractivity contribution in [3.63, 3.8) is 0 Å². The number of likely N-dealkylation sites (tertiary alicyclic amines) is 1. The molecule has 2 aliphatic rings. The Bertz CT molecular complexity index is 521. The predicted molar refractivity (Wildman–Crippen MR) is 87.8 cm³/mol. The van der Waals surface area contributed by atoms with Crippen molar-refractivity contribution in [1.82, 2.24) is 4.90 Å². The van der Waals surface area contributed by atoms with E-state index in [1.807, 2.05) is 0 Å². The molecule has 0 atom stereocenters. The standard InChI is InChI=1S/C17H25N3O/c1-14-6-7-16(20-9-11-21-12-10-20)15(13-14)18-17-5-3-4-8-19(17)2/h6-7,13H,3-5,8-12H2,1-2H3/b18-17+. The number of morpholine rings is 1. The highest BCUT2D eigenvalue weighted by atomic mass is 16.5. The van der Waals surface area contributed by atoms with E-state index in [1.165, 1.54) is 29.9 Å². The van der Waals surface area contributed by atoms with Crippen LogP contribution < -0.4 is 4.90 Å². The van der Waals surface area contributed by atoms with E-state index in [4.69, 9.17) is 9.73 Å². The first-order valence-electron chi connectivity index (χ1n) is 7.96. The van der Waals surface area contributed by atoms with Gasteiger partial charge in [-0.25, -0.2) is 4.99 Å². The number of ether oxygens (including phenoxy) is 1. The molecule has 2 fully saturated rings. The Morgan fingerprint density at radius 3 is 2.67 bits per heavy atom. The Morgan fingerprint density at radius 2 is 1.90 bits per heavy atom. The molecule has 2 heterocycles. The average molecular weight is 287 g/mol. The molecule has 0 spiro atoms. The Balaban J connectivity index is 1.92. The summed E-state index contributed by atoms with van der Waals surface area (Å²) in [7, 11) is 2.15. The van der Waals surface area contributed by atoms with Crippen molar-refractivity contribution in [3.8, 4) is 0 Å². The molecule has 3 rings (SSSR count). The number of benzene rings is 1. The van der Waals surface area contributed by atoms with Gasteiger partial charge >= 0.3 is 0 Å². The zero-order valence-corrected chi connectivity index (χ0v) is 13.1. The van der Waals surface area contributed by atoms with Gasteiger partial charge in [0.05, 0.1) is 24.6 Å². The highest BCUT2D eigenvalue weighted by molar-refractivity contribution is 5.87. The van der Waals surface area contributed by atoms with Crippen LogP contribution in [0.25, 0.3) is 0 Å². The van der Waals surface area contributed by atoms with Gasteiger partial charge in [-0.2, -0.15) is 0 Å². The summed E-state index contributed by atoms with van der Waals surface area (Å²) < 4.78 is 5.47. The second-order valence-corrected chi connectivity index (χ2v) is 6.00. The van der Waals surface area contributed by atoms with Crippen LogP contribution in [0.2, 0.25) is 0 Å². The maximum atomic E-state index is 5.47. The maximum absolute atomic E-state index is 5.47. The number of hydrogen-bond donors (Lipinski definition) is 0. The summed E-state index contributed by atoms with van der Waals surface area (Å²) in [4.78, 5) is 9.69. The number of piperidine rings is 1. The minimum atomic E-state index is 0.809. The molecule has 0 N–H and O–H groups in total. The molecule has 2 saturated heterocycles. The summed E-state index contributed by atoms with van der Waals surface area (Å²) in [6, 6.07) is 6.60. The first-order valence-corrected chi connectivity index (χ1v) is 7.96. The van der Waals surface area contributed by atoms with Crippen molar-refractivity contribution in [1.29, 1.82) is 0 Å². The summed E-state index contributed by atoms with van der Waals surface area (Å²) in [6.45, 7) is 6.79. The van der Waals surface area contributed by atoms with Crippen LogP contribution in [0.1, 0.15) is 24.8 Å². The summed E-state index contributed by atoms with van der Waals surface area (Å²) in [5.41, 5.74) is 3.63. The molecular formula is C17H25N3O. The quantitative estimate of drug-likeness (QED) is 0.837. The number of anilines is 1. The lowest BCUT2D eigenvalue weighted by molar-refractivity contribution is 0.123. The first kappa shape index (κ1) is 14.4. The molecular weight excluding hydrogens is 262 g/mol. The van der Waals surface area contributed by atoms with Gasteiger partial charge in [-0.15, -0.1) is 0 Å². The maximum Gasteiger partial charge on any atom is 0.105 e. The van der Waals surface area contributed by atoms with Crippen LogP contribution in [0.15, 0.2) is 23.2 Å². The lowest BCUT2D eigenvalue weighted by Crippen LogP contribution is -2.36. The molecule has 0 radical (unpaired) electrons. The largest absolute Gasteiger partial charge is 0.378 e. The summed E-state index contributed by atoms with van der Waals surface area (Å²) >= 11 is 0. The highest BCUT2D eigenvalue weighted by Crippen LogP contribution is 2.31. The fourth-order valence-corrected chi connectivity index (χ4v) is 3.03. The molecule has 0 unspecified atom stereocenters. The number of amidine groups is 1. The third-order valence-corrected chi connectivity index (χ3v) is 4.32. The van der Waals surface area contributed by atoms with Crippen LogP contribution in [-0.2, 0) is 4.74 Å². The fraction of sp³-hybridized carbons (Fsp3) is 0.588. The zero-order valence-electron chi connectivity index (χ0n) is 13.1. The molecule has 1 aromatic rings. The summed E-state index contributed by atoms with van der Waals surface area (Å²) in [5, 5.41) is 0. The van der Waals surface area contributed by atoms with E-state index in [9.17, 15) is 0 Å². The highest BCUT2D eigenvalue weighted by Gasteiger charge is 2.17. The molecule has 0 bridgehead atoms. The lowest BCUT2D eigenvalue weighted by atomic mass is 10.1. The monoisotopic (exact) mass is 287 g/mol. The van der Waals surface area contributed by atoms with Gasteiger partial charge in [-0.05, 0) is 37.5 Å². The third kappa shape index (κ3) is 3.38. The minimum Gasteiger partial charge on any atom is -0.378 e. The van der Waals surface area contributed by atoms with Crippen LogP contribution in [0.3, 0.4) is 0 Å². The van der Waals surface area contributed by atoms with Crippen molar-refractivity contribution >= 4 is 17.2 Å². The molecule has 0 aliphatic carbocycles. The lowest BCUT2D eigenvalue weighted by Gasteiger charge is -2.31. The minimum absolute atomic E-state index is 0.809. The number of rotatable bonds is 2. The van der Waals surface area contributed by atoms with Crippen molar-refractivity contribution in [3.05, 3.63) is 23.8 Å². The fourth-order valence-electron chi connectivity index (χ4n) is 3.03. The number of nitrogens with zero attached hydrogens (tertiary/aromatic N) is 3. The van der Waals surface area contributed by atoms with Crippen molar-refractivity contribution < 1.29 is 4.74 Å². The number of hydrogen-bond acceptors (Lipinski definition) is 3. The van der Waals surface area contributed by atoms with Crippen LogP contribution in [0, 0.1) is 6.92 Å². The van der Waals surface area contributed by atoms with Gasteiger partial charge in [0.15, 0.2) is 0 Å². The van der Waals surface area contributed by atoms with Crippen molar-refractivity contribution in [2.75, 3.05) is 44.8 Å². The molecule has 2 aliphatic heterocycles. The van der Waals surface area contributed by atoms with Gasteiger partial charge in [0.1, 0.15) is 5.84 Å². The van der Waals surface area contributed by atoms with Gasteiger partial charge in [0, 0.05) is 33.1 Å². The van der Waals surface area contributed by atoms with Crippen LogP contribution >= 0.6 is 0 Å². The van der Waals surface area contributed by atoms with E-state index in [-0.39, 0.29) is 0 Å². The van der Waals surface area contributed by atoms with Gasteiger partial charge in [-0.3, -0.25) is 0 Å². The molecule has 0 saturated carbocycles. The predicted octanol–water partition coefficient (Wildman–Crippen LogP) is 2.98. The van der Waals surface area contributed by atoms with Crippen molar-refractivity contribution in [2.45, 2.75) is 26.2 Å². The number of aryl methyl sites for hydroxylation is 1. The number of aliphatic imine (C=N–C) groups is 1. The van der Waals surface area contributed by atoms with E-state index >= 15 is 0 Å². The Labute approximate surface area is 127 Å². The van der Waals surface area contributed by atoms with Gasteiger partial charge in [0.2, 0.25) is 0 Å². The molecule has 4 heteroatoms. The molecule has 4 nitrogen and oxygen atoms in total. The van der Waals surface area contributed by atoms with Crippen LogP contribution in [-0.4, -0.2) is 50.6 Å². The van der Waals surface area contributed by atoms with E-state index in [0.717, 1.165) is 45.0 Å². The molecule has 114 valence electrons. The summed E-state index contributed by atoms with van der Waals surface area (Å²) in [6.07, 6.45) is 3.62. The SMILES string of the molecule is Cc1ccc(N2CCOCC2)c(/N=C2\CCCCN2C)c1. The van der Waals surface area contributed by atoms with Gasteiger partial charge < -0.3 is 14.5 Å².